The minimum Gasteiger partial charge on any atom is -0.389 e. The van der Waals surface area contributed by atoms with E-state index in [4.69, 9.17) is 4.74 Å². The van der Waals surface area contributed by atoms with Crippen LogP contribution < -0.4 is 10.5 Å². The van der Waals surface area contributed by atoms with Crippen LogP contribution >= 0.6 is 0 Å². The number of ether oxygens (including phenoxy) is 1. The van der Waals surface area contributed by atoms with Crippen LogP contribution in [0.5, 0.6) is 0 Å². The number of benzene rings is 1. The Morgan fingerprint density at radius 2 is 1.93 bits per heavy atom. The van der Waals surface area contributed by atoms with E-state index in [9.17, 15) is 9.90 Å². The first-order chi connectivity index (χ1) is 19.2. The number of nitrogens with zero attached hydrogens (tertiary/aromatic N) is 6. The Hall–Kier alpha value is -3.76. The molecule has 2 aliphatic heterocycles. The van der Waals surface area contributed by atoms with Gasteiger partial charge in [-0.2, -0.15) is 10.1 Å². The van der Waals surface area contributed by atoms with Crippen molar-refractivity contribution in [2.24, 2.45) is 17.5 Å². The number of carbonyl (C=O) groups is 1. The second kappa shape index (κ2) is 10.3. The van der Waals surface area contributed by atoms with Gasteiger partial charge < -0.3 is 24.3 Å². The minimum absolute atomic E-state index is 0.282. The summed E-state index contributed by atoms with van der Waals surface area (Å²) in [4.78, 5) is 28.0. The third-order valence-electron chi connectivity index (χ3n) is 8.28. The number of aromatic nitrogens is 5. The highest BCUT2D eigenvalue weighted by Gasteiger charge is 2.36. The van der Waals surface area contributed by atoms with Gasteiger partial charge in [0.05, 0.1) is 35.1 Å². The molecule has 10 nitrogen and oxygen atoms in total. The van der Waals surface area contributed by atoms with Crippen molar-refractivity contribution in [1.82, 2.24) is 24.3 Å². The number of aliphatic hydroxyl groups is 1. The molecule has 1 spiro atoms. The van der Waals surface area contributed by atoms with Crippen molar-refractivity contribution in [3.05, 3.63) is 60.1 Å². The number of rotatable bonds is 5. The van der Waals surface area contributed by atoms with Crippen LogP contribution in [0.3, 0.4) is 0 Å². The Morgan fingerprint density at radius 3 is 2.62 bits per heavy atom. The van der Waals surface area contributed by atoms with Crippen molar-refractivity contribution >= 4 is 22.6 Å². The summed E-state index contributed by atoms with van der Waals surface area (Å²) in [6.45, 7) is 7.59. The van der Waals surface area contributed by atoms with Gasteiger partial charge in [-0.15, -0.1) is 0 Å². The highest BCUT2D eigenvalue weighted by atomic mass is 16.5. The number of nitrogens with one attached hydrogen (secondary N) is 1. The third kappa shape index (κ3) is 5.46. The molecule has 0 atom stereocenters. The molecular formula is C30H37N7O3. The van der Waals surface area contributed by atoms with E-state index < -0.39 is 5.60 Å². The molecule has 2 fully saturated rings. The molecule has 3 aromatic heterocycles. The van der Waals surface area contributed by atoms with Crippen molar-refractivity contribution in [3.8, 4) is 11.3 Å². The average molecular weight is 544 g/mol. The standard InChI is InChI=1S/C30H37N7O3/c1-29(2,39)20-37-26-5-4-23(36-12-7-30(8-13-36)9-14-40-15-10-30)17-25(26)33-28(37)34-27(38)21-6-11-31-24(16-21)22-18-32-35(3)19-22/h4-6,11,16-19,39H,7-10,12-15,20H2,1-3H3,(H,33,34,38). The zero-order valence-electron chi connectivity index (χ0n) is 23.4. The number of aromatic amines is 1. The number of H-pyrrole nitrogens is 1. The number of pyridine rings is 1. The molecule has 2 saturated heterocycles. The number of fused-ring (bicyclic) bond motifs is 1. The van der Waals surface area contributed by atoms with E-state index in [1.54, 1.807) is 43.1 Å². The van der Waals surface area contributed by atoms with Gasteiger partial charge in [0.1, 0.15) is 0 Å². The van der Waals surface area contributed by atoms with Crippen LogP contribution in [0.2, 0.25) is 0 Å². The fourth-order valence-corrected chi connectivity index (χ4v) is 5.97. The van der Waals surface area contributed by atoms with Gasteiger partial charge in [0, 0.05) is 62.6 Å². The van der Waals surface area contributed by atoms with Gasteiger partial charge >= 0.3 is 0 Å². The molecule has 6 rings (SSSR count). The Labute approximate surface area is 233 Å². The van der Waals surface area contributed by atoms with Crippen LogP contribution in [0.25, 0.3) is 22.3 Å². The Bertz CT molecular complexity index is 1590. The summed E-state index contributed by atoms with van der Waals surface area (Å²) in [6.07, 6.45) is 9.86. The fourth-order valence-electron chi connectivity index (χ4n) is 5.97. The maximum atomic E-state index is 13.3. The number of anilines is 1. The lowest BCUT2D eigenvalue weighted by Crippen LogP contribution is -2.42. The van der Waals surface area contributed by atoms with Gasteiger partial charge in [0.2, 0.25) is 5.62 Å². The van der Waals surface area contributed by atoms with Crippen LogP contribution in [0.4, 0.5) is 5.69 Å². The summed E-state index contributed by atoms with van der Waals surface area (Å²) in [5.41, 5.74) is 4.66. The predicted molar refractivity (Wildman–Crippen MR) is 153 cm³/mol. The monoisotopic (exact) mass is 543 g/mol. The lowest BCUT2D eigenvalue weighted by Gasteiger charge is -2.44. The smallest absolute Gasteiger partial charge is 0.280 e. The van der Waals surface area contributed by atoms with Gasteiger partial charge in [-0.25, -0.2) is 0 Å². The summed E-state index contributed by atoms with van der Waals surface area (Å²) in [7, 11) is 1.84. The maximum Gasteiger partial charge on any atom is 0.280 e. The quantitative estimate of drug-likeness (QED) is 0.397. The highest BCUT2D eigenvalue weighted by Crippen LogP contribution is 2.41. The number of hydrogen-bond acceptors (Lipinski definition) is 6. The molecule has 5 heterocycles. The molecule has 4 aromatic rings. The van der Waals surface area contributed by atoms with E-state index in [2.05, 4.69) is 43.2 Å². The zero-order chi connectivity index (χ0) is 27.9. The first kappa shape index (κ1) is 26.5. The summed E-state index contributed by atoms with van der Waals surface area (Å²) in [5.74, 6) is -0.387. The van der Waals surface area contributed by atoms with Crippen LogP contribution in [0.1, 0.15) is 49.9 Å². The third-order valence-corrected chi connectivity index (χ3v) is 8.28. The minimum atomic E-state index is -0.999. The summed E-state index contributed by atoms with van der Waals surface area (Å²) >= 11 is 0. The number of hydrogen-bond donors (Lipinski definition) is 2. The lowest BCUT2D eigenvalue weighted by molar-refractivity contribution is 0.00212. The van der Waals surface area contributed by atoms with Crippen molar-refractivity contribution in [3.63, 3.8) is 0 Å². The van der Waals surface area contributed by atoms with E-state index in [0.717, 1.165) is 61.4 Å². The molecule has 1 amide bonds. The van der Waals surface area contributed by atoms with E-state index in [-0.39, 0.29) is 12.5 Å². The molecule has 10 heteroatoms. The first-order valence-electron chi connectivity index (χ1n) is 14.0. The molecule has 210 valence electrons. The van der Waals surface area contributed by atoms with E-state index in [1.165, 1.54) is 12.8 Å². The second-order valence-corrected chi connectivity index (χ2v) is 11.9. The molecule has 0 saturated carbocycles. The molecule has 2 aliphatic rings. The number of imidazole rings is 1. The van der Waals surface area contributed by atoms with Gasteiger partial charge in [-0.05, 0) is 75.3 Å². The highest BCUT2D eigenvalue weighted by molar-refractivity contribution is 5.95. The van der Waals surface area contributed by atoms with E-state index in [1.807, 2.05) is 17.8 Å². The van der Waals surface area contributed by atoms with Crippen molar-refractivity contribution in [2.45, 2.75) is 51.7 Å². The van der Waals surface area contributed by atoms with Gasteiger partial charge in [-0.1, -0.05) is 0 Å². The van der Waals surface area contributed by atoms with Gasteiger partial charge in [0.15, 0.2) is 0 Å². The topological polar surface area (TPSA) is 114 Å². The van der Waals surface area contributed by atoms with Crippen LogP contribution in [0, 0.1) is 5.41 Å². The zero-order valence-corrected chi connectivity index (χ0v) is 23.4. The number of carbonyl (C=O) groups excluding carboxylic acids is 1. The van der Waals surface area contributed by atoms with E-state index in [0.29, 0.717) is 22.3 Å². The summed E-state index contributed by atoms with van der Waals surface area (Å²) in [5, 5.41) is 14.9. The van der Waals surface area contributed by atoms with Crippen LogP contribution in [-0.4, -0.2) is 67.2 Å². The molecule has 1 aromatic carbocycles. The average Bonchev–Trinajstić information content (AvgIpc) is 3.51. The fraction of sp³-hybridized carbons (Fsp3) is 0.467. The number of aryl methyl sites for hydroxylation is 1. The Balaban J connectivity index is 1.32. The van der Waals surface area contributed by atoms with Crippen molar-refractivity contribution in [2.75, 3.05) is 31.2 Å². The van der Waals surface area contributed by atoms with Crippen molar-refractivity contribution < 1.29 is 14.6 Å². The van der Waals surface area contributed by atoms with E-state index >= 15 is 0 Å². The SMILES string of the molecule is Cn1cc(-c2cc(C(=O)/N=c3\[nH]c4cc(N5CCC6(CCOCC6)CC5)ccc4n3CC(C)(C)O)ccn2)cn1. The summed E-state index contributed by atoms with van der Waals surface area (Å²) in [6, 6.07) is 9.71. The second-order valence-electron chi connectivity index (χ2n) is 11.9. The van der Waals surface area contributed by atoms with Gasteiger partial charge in [-0.3, -0.25) is 14.5 Å². The van der Waals surface area contributed by atoms with Gasteiger partial charge in [0.25, 0.3) is 5.91 Å². The Kier molecular flexibility index (Phi) is 6.83. The molecule has 0 radical (unpaired) electrons. The predicted octanol–water partition coefficient (Wildman–Crippen LogP) is 3.67. The van der Waals surface area contributed by atoms with Crippen molar-refractivity contribution in [1.29, 1.82) is 0 Å². The van der Waals surface area contributed by atoms with Crippen LogP contribution in [-0.2, 0) is 18.3 Å². The lowest BCUT2D eigenvalue weighted by atomic mass is 9.72. The normalized spacial score (nSPS) is 18.1. The molecule has 0 aliphatic carbocycles. The first-order valence-corrected chi connectivity index (χ1v) is 14.0. The number of piperidine rings is 1. The molecule has 0 unspecified atom stereocenters. The Morgan fingerprint density at radius 1 is 1.15 bits per heavy atom. The molecule has 0 bridgehead atoms. The maximum absolute atomic E-state index is 13.3. The molecule has 2 N–H and O–H groups in total. The summed E-state index contributed by atoms with van der Waals surface area (Å²) < 4.78 is 9.19. The largest absolute Gasteiger partial charge is 0.389 e. The molecule has 40 heavy (non-hydrogen) atoms. The number of amides is 1. The van der Waals surface area contributed by atoms with Crippen LogP contribution in [0.15, 0.2) is 53.9 Å². The molecular weight excluding hydrogens is 506 g/mol.